The first-order chi connectivity index (χ1) is 13.1. The van der Waals surface area contributed by atoms with Crippen molar-refractivity contribution < 1.29 is 13.9 Å². The number of nitrogens with one attached hydrogen (secondary N) is 1. The Morgan fingerprint density at radius 3 is 2.44 bits per heavy atom. The molecule has 3 rings (SSSR count). The van der Waals surface area contributed by atoms with E-state index in [2.05, 4.69) is 10.2 Å². The van der Waals surface area contributed by atoms with Crippen LogP contribution in [0, 0.1) is 5.82 Å². The second-order valence-electron chi connectivity index (χ2n) is 6.69. The molecular weight excluding hydrogens is 363 g/mol. The summed E-state index contributed by atoms with van der Waals surface area (Å²) in [6, 6.07) is 12.6. The molecule has 1 fully saturated rings. The maximum atomic E-state index is 13.2. The maximum Gasteiger partial charge on any atom is 0.174 e. The number of methoxy groups -OCH3 is 2. The molecule has 1 aliphatic carbocycles. The van der Waals surface area contributed by atoms with Gasteiger partial charge in [0.15, 0.2) is 5.11 Å². The molecule has 27 heavy (non-hydrogen) atoms. The highest BCUT2D eigenvalue weighted by atomic mass is 32.1. The minimum atomic E-state index is -0.227. The molecule has 0 aromatic heterocycles. The van der Waals surface area contributed by atoms with E-state index in [1.165, 1.54) is 25.0 Å². The van der Waals surface area contributed by atoms with E-state index in [4.69, 9.17) is 21.7 Å². The number of halogens is 1. The van der Waals surface area contributed by atoms with Crippen molar-refractivity contribution in [2.45, 2.75) is 38.3 Å². The predicted molar refractivity (Wildman–Crippen MR) is 110 cm³/mol. The summed E-state index contributed by atoms with van der Waals surface area (Å²) in [6.45, 7) is 0.648. The van der Waals surface area contributed by atoms with Gasteiger partial charge < -0.3 is 19.7 Å². The minimum absolute atomic E-state index is 0.227. The molecule has 1 N–H and O–H groups in total. The Morgan fingerprint density at radius 1 is 1.11 bits per heavy atom. The highest BCUT2D eigenvalue weighted by Gasteiger charge is 2.25. The summed E-state index contributed by atoms with van der Waals surface area (Å²) in [5.41, 5.74) is 1.83. The summed E-state index contributed by atoms with van der Waals surface area (Å²) in [4.78, 5) is 2.21. The van der Waals surface area contributed by atoms with Crippen molar-refractivity contribution in [3.63, 3.8) is 0 Å². The van der Waals surface area contributed by atoms with E-state index in [0.29, 0.717) is 23.4 Å². The Labute approximate surface area is 165 Å². The first kappa shape index (κ1) is 19.4. The van der Waals surface area contributed by atoms with Crippen LogP contribution in [-0.4, -0.2) is 30.3 Å². The van der Waals surface area contributed by atoms with E-state index in [1.54, 1.807) is 14.2 Å². The van der Waals surface area contributed by atoms with Crippen LogP contribution in [0.1, 0.15) is 31.2 Å². The van der Waals surface area contributed by atoms with Crippen LogP contribution in [0.5, 0.6) is 11.5 Å². The second-order valence-corrected chi connectivity index (χ2v) is 7.08. The van der Waals surface area contributed by atoms with Gasteiger partial charge in [-0.15, -0.1) is 0 Å². The van der Waals surface area contributed by atoms with Gasteiger partial charge in [0.05, 0.1) is 19.9 Å². The molecule has 0 spiro atoms. The lowest BCUT2D eigenvalue weighted by Crippen LogP contribution is -2.41. The van der Waals surface area contributed by atoms with Crippen molar-refractivity contribution in [3.8, 4) is 11.5 Å². The van der Waals surface area contributed by atoms with Gasteiger partial charge in [-0.05, 0) is 54.9 Å². The number of nitrogens with zero attached hydrogens (tertiary/aromatic N) is 1. The molecule has 144 valence electrons. The van der Waals surface area contributed by atoms with Crippen LogP contribution in [0.25, 0.3) is 0 Å². The lowest BCUT2D eigenvalue weighted by Gasteiger charge is -2.32. The SMILES string of the molecule is COc1ccc(NC(=S)N(Cc2ccc(F)cc2)C2CCCC2)c(OC)c1. The first-order valence-electron chi connectivity index (χ1n) is 9.15. The monoisotopic (exact) mass is 388 g/mol. The highest BCUT2D eigenvalue weighted by molar-refractivity contribution is 7.80. The number of ether oxygens (including phenoxy) is 2. The summed E-state index contributed by atoms with van der Waals surface area (Å²) in [5, 5.41) is 3.97. The van der Waals surface area contributed by atoms with Crippen LogP contribution in [-0.2, 0) is 6.54 Å². The van der Waals surface area contributed by atoms with Crippen molar-refractivity contribution in [1.29, 1.82) is 0 Å². The number of anilines is 1. The number of hydrogen-bond donors (Lipinski definition) is 1. The molecular formula is C21H25FN2O2S. The van der Waals surface area contributed by atoms with Crippen LogP contribution in [0.3, 0.4) is 0 Å². The predicted octanol–water partition coefficient (Wildman–Crippen LogP) is 4.98. The third-order valence-electron chi connectivity index (χ3n) is 4.94. The largest absolute Gasteiger partial charge is 0.497 e. The van der Waals surface area contributed by atoms with E-state index in [-0.39, 0.29) is 5.82 Å². The van der Waals surface area contributed by atoms with E-state index >= 15 is 0 Å². The van der Waals surface area contributed by atoms with Gasteiger partial charge in [-0.1, -0.05) is 25.0 Å². The molecule has 0 unspecified atom stereocenters. The third-order valence-corrected chi connectivity index (χ3v) is 5.28. The van der Waals surface area contributed by atoms with Crippen molar-refractivity contribution in [2.24, 2.45) is 0 Å². The van der Waals surface area contributed by atoms with Crippen molar-refractivity contribution in [3.05, 3.63) is 53.8 Å². The van der Waals surface area contributed by atoms with Crippen molar-refractivity contribution >= 4 is 23.0 Å². The average Bonchev–Trinajstić information content (AvgIpc) is 3.22. The number of thiocarbonyl (C=S) groups is 1. The van der Waals surface area contributed by atoms with Gasteiger partial charge in [-0.25, -0.2) is 4.39 Å². The minimum Gasteiger partial charge on any atom is -0.497 e. The molecule has 1 saturated carbocycles. The Balaban J connectivity index is 1.79. The van der Waals surface area contributed by atoms with Gasteiger partial charge in [-0.3, -0.25) is 0 Å². The zero-order chi connectivity index (χ0) is 19.2. The van der Waals surface area contributed by atoms with E-state index in [9.17, 15) is 4.39 Å². The van der Waals surface area contributed by atoms with Gasteiger partial charge in [0.25, 0.3) is 0 Å². The third kappa shape index (κ3) is 4.89. The molecule has 1 aliphatic rings. The average molecular weight is 389 g/mol. The topological polar surface area (TPSA) is 33.7 Å². The fourth-order valence-electron chi connectivity index (χ4n) is 3.46. The normalized spacial score (nSPS) is 14.0. The smallest absolute Gasteiger partial charge is 0.174 e. The Hall–Kier alpha value is -2.34. The van der Waals surface area contributed by atoms with Crippen LogP contribution < -0.4 is 14.8 Å². The quantitative estimate of drug-likeness (QED) is 0.706. The fraction of sp³-hybridized carbons (Fsp3) is 0.381. The standard InChI is InChI=1S/C21H25FN2O2S/c1-25-18-11-12-19(20(13-18)26-2)23-21(27)24(17-5-3-4-6-17)14-15-7-9-16(22)10-8-15/h7-13,17H,3-6,14H2,1-2H3,(H,23,27). The Kier molecular flexibility index (Phi) is 6.50. The van der Waals surface area contributed by atoms with Crippen molar-refractivity contribution in [1.82, 2.24) is 4.90 Å². The van der Waals surface area contributed by atoms with Gasteiger partial charge in [0.2, 0.25) is 0 Å². The second kappa shape index (κ2) is 9.04. The molecule has 4 nitrogen and oxygen atoms in total. The molecule has 6 heteroatoms. The molecule has 0 atom stereocenters. The summed E-state index contributed by atoms with van der Waals surface area (Å²) in [6.07, 6.45) is 4.64. The van der Waals surface area contributed by atoms with Crippen LogP contribution in [0.15, 0.2) is 42.5 Å². The molecule has 0 bridgehead atoms. The summed E-state index contributed by atoms with van der Waals surface area (Å²) < 4.78 is 24.0. The first-order valence-corrected chi connectivity index (χ1v) is 9.55. The number of hydrogen-bond acceptors (Lipinski definition) is 3. The zero-order valence-electron chi connectivity index (χ0n) is 15.7. The number of benzene rings is 2. The summed E-state index contributed by atoms with van der Waals surface area (Å²) in [7, 11) is 3.24. The summed E-state index contributed by atoms with van der Waals surface area (Å²) >= 11 is 5.74. The Morgan fingerprint density at radius 2 is 1.81 bits per heavy atom. The van der Waals surface area contributed by atoms with Crippen molar-refractivity contribution in [2.75, 3.05) is 19.5 Å². The molecule has 0 aliphatic heterocycles. The van der Waals surface area contributed by atoms with E-state index < -0.39 is 0 Å². The molecule has 2 aromatic rings. The van der Waals surface area contributed by atoms with Crippen LogP contribution >= 0.6 is 12.2 Å². The van der Waals surface area contributed by atoms with Crippen LogP contribution in [0.2, 0.25) is 0 Å². The lowest BCUT2D eigenvalue weighted by atomic mass is 10.1. The molecule has 0 amide bonds. The van der Waals surface area contributed by atoms with Gasteiger partial charge in [-0.2, -0.15) is 0 Å². The fourth-order valence-corrected chi connectivity index (χ4v) is 3.78. The number of rotatable bonds is 6. The van der Waals surface area contributed by atoms with Gasteiger partial charge in [0, 0.05) is 18.7 Å². The van der Waals surface area contributed by atoms with Gasteiger partial charge in [0.1, 0.15) is 17.3 Å². The highest BCUT2D eigenvalue weighted by Crippen LogP contribution is 2.31. The Bertz CT molecular complexity index is 776. The molecule has 2 aromatic carbocycles. The maximum absolute atomic E-state index is 13.2. The molecule has 0 saturated heterocycles. The lowest BCUT2D eigenvalue weighted by molar-refractivity contribution is 0.312. The van der Waals surface area contributed by atoms with Gasteiger partial charge >= 0.3 is 0 Å². The van der Waals surface area contributed by atoms with E-state index in [0.717, 1.165) is 29.8 Å². The molecule has 0 heterocycles. The van der Waals surface area contributed by atoms with Crippen LogP contribution in [0.4, 0.5) is 10.1 Å². The molecule has 0 radical (unpaired) electrons. The van der Waals surface area contributed by atoms with E-state index in [1.807, 2.05) is 30.3 Å². The summed E-state index contributed by atoms with van der Waals surface area (Å²) in [5.74, 6) is 1.17. The zero-order valence-corrected chi connectivity index (χ0v) is 16.5.